The maximum absolute atomic E-state index is 4.94. The summed E-state index contributed by atoms with van der Waals surface area (Å²) in [6.45, 7) is 3.11. The largest absolute Gasteiger partial charge is 1.00 e. The number of rotatable bonds is 2. The molecule has 20 heavy (non-hydrogen) atoms. The van der Waals surface area contributed by atoms with E-state index in [4.69, 9.17) is 9.47 Å². The predicted octanol–water partition coefficient (Wildman–Crippen LogP) is -0.379. The van der Waals surface area contributed by atoms with Gasteiger partial charge in [-0.25, -0.2) is 10.6 Å². The van der Waals surface area contributed by atoms with Gasteiger partial charge in [-0.1, -0.05) is 60.7 Å². The van der Waals surface area contributed by atoms with Gasteiger partial charge in [0.25, 0.3) is 0 Å². The first-order valence-corrected chi connectivity index (χ1v) is 7.32. The molecule has 1 aliphatic heterocycles. The Balaban J connectivity index is 0.000000243. The average molecular weight is 280 g/mol. The van der Waals surface area contributed by atoms with Gasteiger partial charge >= 0.3 is 18.9 Å². The Morgan fingerprint density at radius 2 is 0.950 bits per heavy atom. The van der Waals surface area contributed by atoms with Crippen molar-refractivity contribution in [3.63, 3.8) is 0 Å². The Hall–Kier alpha value is -0.613. The molecule has 100 valence electrons. The smallest absolute Gasteiger partial charge is 0.472 e. The molecular formula is C16H18LiO2P. The molecule has 0 amide bonds. The fraction of sp³-hybridized carbons (Fsp3) is 0.250. The first kappa shape index (κ1) is 17.4. The van der Waals surface area contributed by atoms with Crippen LogP contribution in [0.5, 0.6) is 0 Å². The van der Waals surface area contributed by atoms with Gasteiger partial charge in [-0.15, -0.1) is 0 Å². The summed E-state index contributed by atoms with van der Waals surface area (Å²) in [5.41, 5.74) is 0. The molecule has 0 aromatic heterocycles. The van der Waals surface area contributed by atoms with E-state index < -0.39 is 0 Å². The standard InChI is InChI=1S/C12H10P.C4H8O2.Li/c1-3-7-11(8-4-1)13-12-9-5-2-6-10-12;1-2-6-4-3-5-1;/h1-10H;1-4H2;/q-1;;+1. The van der Waals surface area contributed by atoms with Crippen molar-refractivity contribution < 1.29 is 28.3 Å². The first-order chi connectivity index (χ1) is 9.45. The molecule has 1 saturated heterocycles. The van der Waals surface area contributed by atoms with Crippen molar-refractivity contribution in [3.8, 4) is 0 Å². The van der Waals surface area contributed by atoms with E-state index in [2.05, 4.69) is 48.5 Å². The number of benzene rings is 2. The molecule has 0 aliphatic carbocycles. The van der Waals surface area contributed by atoms with Gasteiger partial charge < -0.3 is 18.1 Å². The van der Waals surface area contributed by atoms with Gasteiger partial charge in [0.1, 0.15) is 0 Å². The van der Waals surface area contributed by atoms with Crippen molar-refractivity contribution >= 4 is 19.2 Å². The fourth-order valence-corrected chi connectivity index (χ4v) is 2.53. The quantitative estimate of drug-likeness (QED) is 0.551. The van der Waals surface area contributed by atoms with Crippen LogP contribution in [-0.2, 0) is 9.47 Å². The topological polar surface area (TPSA) is 18.5 Å². The summed E-state index contributed by atoms with van der Waals surface area (Å²) in [5, 5.41) is 2.68. The molecule has 1 aliphatic rings. The normalized spacial score (nSPS) is 13.6. The maximum atomic E-state index is 4.94. The van der Waals surface area contributed by atoms with E-state index in [0.717, 1.165) is 26.4 Å². The van der Waals surface area contributed by atoms with Crippen LogP contribution in [0.15, 0.2) is 60.7 Å². The molecule has 2 nitrogen and oxygen atoms in total. The molecule has 0 unspecified atom stereocenters. The molecule has 2 aromatic rings. The minimum absolute atomic E-state index is 0. The Kier molecular flexibility index (Phi) is 9.67. The summed E-state index contributed by atoms with van der Waals surface area (Å²) >= 11 is 0. The van der Waals surface area contributed by atoms with Crippen molar-refractivity contribution in [2.24, 2.45) is 0 Å². The fourth-order valence-electron chi connectivity index (χ4n) is 1.59. The maximum Gasteiger partial charge on any atom is 1.00 e. The minimum Gasteiger partial charge on any atom is -0.472 e. The zero-order chi connectivity index (χ0) is 13.2. The zero-order valence-corrected chi connectivity index (χ0v) is 12.8. The van der Waals surface area contributed by atoms with Crippen LogP contribution in [-0.4, -0.2) is 26.4 Å². The van der Waals surface area contributed by atoms with Gasteiger partial charge in [-0.05, 0) is 0 Å². The zero-order valence-electron chi connectivity index (χ0n) is 11.9. The van der Waals surface area contributed by atoms with Crippen LogP contribution in [0.2, 0.25) is 0 Å². The number of hydrogen-bond acceptors (Lipinski definition) is 2. The van der Waals surface area contributed by atoms with Crippen LogP contribution in [0.4, 0.5) is 0 Å². The monoisotopic (exact) mass is 280 g/mol. The van der Waals surface area contributed by atoms with Crippen LogP contribution in [0.1, 0.15) is 0 Å². The SMILES string of the molecule is C1COCCO1.[Li+].c1ccc([P-]c2ccccc2)cc1. The van der Waals surface area contributed by atoms with Crippen molar-refractivity contribution in [3.05, 3.63) is 60.7 Å². The summed E-state index contributed by atoms with van der Waals surface area (Å²) in [6, 6.07) is 21.0. The molecule has 1 fully saturated rings. The molecule has 0 saturated carbocycles. The third-order valence-corrected chi connectivity index (χ3v) is 3.63. The van der Waals surface area contributed by atoms with Crippen molar-refractivity contribution in [1.29, 1.82) is 0 Å². The third-order valence-electron chi connectivity index (χ3n) is 2.51. The molecule has 4 heteroatoms. The van der Waals surface area contributed by atoms with Crippen LogP contribution >= 0.6 is 8.58 Å². The summed E-state index contributed by atoms with van der Waals surface area (Å²) < 4.78 is 9.89. The summed E-state index contributed by atoms with van der Waals surface area (Å²) in [5.74, 6) is 0. The molecule has 0 spiro atoms. The van der Waals surface area contributed by atoms with Crippen molar-refractivity contribution in [2.75, 3.05) is 26.4 Å². The molecule has 1 heterocycles. The summed E-state index contributed by atoms with van der Waals surface area (Å²) in [6.07, 6.45) is 0. The van der Waals surface area contributed by atoms with Crippen molar-refractivity contribution in [1.82, 2.24) is 0 Å². The minimum atomic E-state index is 0. The van der Waals surface area contributed by atoms with E-state index in [1.165, 1.54) is 19.2 Å². The molecule has 0 bridgehead atoms. The van der Waals surface area contributed by atoms with Gasteiger partial charge in [0.2, 0.25) is 0 Å². The average Bonchev–Trinajstić information content (AvgIpc) is 2.52. The van der Waals surface area contributed by atoms with Gasteiger partial charge in [-0.3, -0.25) is 0 Å². The van der Waals surface area contributed by atoms with Gasteiger partial charge in [0, 0.05) is 0 Å². The van der Waals surface area contributed by atoms with E-state index in [1.807, 2.05) is 12.1 Å². The second-order valence-electron chi connectivity index (χ2n) is 4.01. The Labute approximate surface area is 134 Å². The summed E-state index contributed by atoms with van der Waals surface area (Å²) in [7, 11) is 1.28. The molecule has 0 radical (unpaired) electrons. The second kappa shape index (κ2) is 11.1. The van der Waals surface area contributed by atoms with Gasteiger partial charge in [0.05, 0.1) is 26.4 Å². The molecule has 0 N–H and O–H groups in total. The van der Waals surface area contributed by atoms with E-state index in [1.54, 1.807) is 0 Å². The summed E-state index contributed by atoms with van der Waals surface area (Å²) in [4.78, 5) is 0. The van der Waals surface area contributed by atoms with Gasteiger partial charge in [-0.2, -0.15) is 0 Å². The van der Waals surface area contributed by atoms with Gasteiger partial charge in [0.15, 0.2) is 0 Å². The predicted molar refractivity (Wildman–Crippen MR) is 80.7 cm³/mol. The second-order valence-corrected chi connectivity index (χ2v) is 5.26. The molecular weight excluding hydrogens is 262 g/mol. The third kappa shape index (κ3) is 7.24. The van der Waals surface area contributed by atoms with Crippen LogP contribution < -0.4 is 29.5 Å². The molecule has 2 aromatic carbocycles. The Morgan fingerprint density at radius 1 is 0.600 bits per heavy atom. The number of hydrogen-bond donors (Lipinski definition) is 0. The Bertz CT molecular complexity index is 398. The van der Waals surface area contributed by atoms with E-state index in [0.29, 0.717) is 0 Å². The van der Waals surface area contributed by atoms with Crippen LogP contribution in [0.3, 0.4) is 0 Å². The molecule has 0 atom stereocenters. The van der Waals surface area contributed by atoms with Crippen LogP contribution in [0, 0.1) is 0 Å². The first-order valence-electron chi connectivity index (χ1n) is 6.42. The molecule has 3 rings (SSSR count). The van der Waals surface area contributed by atoms with E-state index in [9.17, 15) is 0 Å². The van der Waals surface area contributed by atoms with E-state index >= 15 is 0 Å². The van der Waals surface area contributed by atoms with Crippen molar-refractivity contribution in [2.45, 2.75) is 0 Å². The Morgan fingerprint density at radius 3 is 1.25 bits per heavy atom. The number of ether oxygens (including phenoxy) is 2. The van der Waals surface area contributed by atoms with Crippen LogP contribution in [0.25, 0.3) is 0 Å². The van der Waals surface area contributed by atoms with E-state index in [-0.39, 0.29) is 18.9 Å².